The number of fused-ring (bicyclic) bond motifs is 3. The Morgan fingerprint density at radius 1 is 1.23 bits per heavy atom. The van der Waals surface area contributed by atoms with Crippen molar-refractivity contribution < 1.29 is 8.78 Å². The topological polar surface area (TPSA) is 52.7 Å². The minimum atomic E-state index is -2.65. The summed E-state index contributed by atoms with van der Waals surface area (Å²) in [5.74, 6) is 0.431. The number of alkyl halides is 2. The van der Waals surface area contributed by atoms with Gasteiger partial charge in [0.05, 0.1) is 16.8 Å². The summed E-state index contributed by atoms with van der Waals surface area (Å²) < 4.78 is 28.8. The lowest BCUT2D eigenvalue weighted by molar-refractivity contribution is 0.0678. The van der Waals surface area contributed by atoms with Crippen LogP contribution in [0.1, 0.15) is 34.8 Å². The maximum atomic E-state index is 13.6. The lowest BCUT2D eigenvalue weighted by Gasteiger charge is -2.13. The van der Waals surface area contributed by atoms with Crippen LogP contribution >= 0.6 is 23.1 Å². The highest BCUT2D eigenvalue weighted by atomic mass is 32.2. The van der Waals surface area contributed by atoms with E-state index in [1.807, 2.05) is 31.2 Å². The number of nitrogens with zero attached hydrogens (tertiary/aromatic N) is 4. The number of aryl methyl sites for hydroxylation is 3. The summed E-state index contributed by atoms with van der Waals surface area (Å²) in [4.78, 5) is 24.4. The fourth-order valence-corrected chi connectivity index (χ4v) is 6.07. The largest absolute Gasteiger partial charge is 0.319 e. The number of imidazole rings is 1. The van der Waals surface area contributed by atoms with E-state index in [1.54, 1.807) is 15.9 Å². The molecule has 9 heteroatoms. The molecule has 3 aromatic heterocycles. The Labute approximate surface area is 179 Å². The molecule has 5 nitrogen and oxygen atoms in total. The molecule has 1 aliphatic carbocycles. The molecule has 4 aromatic rings. The van der Waals surface area contributed by atoms with Crippen molar-refractivity contribution in [2.24, 2.45) is 0 Å². The molecule has 0 radical (unpaired) electrons. The molecule has 3 heterocycles. The molecule has 0 N–H and O–H groups in total. The van der Waals surface area contributed by atoms with Gasteiger partial charge in [-0.2, -0.15) is 8.78 Å². The Morgan fingerprint density at radius 3 is 2.80 bits per heavy atom. The molecule has 0 unspecified atom stereocenters. The molecule has 154 valence electrons. The van der Waals surface area contributed by atoms with Crippen LogP contribution in [-0.4, -0.2) is 19.1 Å². The van der Waals surface area contributed by atoms with Gasteiger partial charge < -0.3 is 0 Å². The van der Waals surface area contributed by atoms with Gasteiger partial charge in [-0.05, 0) is 43.9 Å². The van der Waals surface area contributed by atoms with E-state index >= 15 is 0 Å². The smallest absolute Gasteiger partial charge is 0.277 e. The van der Waals surface area contributed by atoms with E-state index < -0.39 is 6.55 Å². The third kappa shape index (κ3) is 3.26. The molecule has 0 bridgehead atoms. The summed E-state index contributed by atoms with van der Waals surface area (Å²) in [5, 5.41) is 1.19. The van der Waals surface area contributed by atoms with Crippen LogP contribution in [-0.2, 0) is 18.6 Å². The summed E-state index contributed by atoms with van der Waals surface area (Å²) in [6.45, 7) is -0.669. The predicted molar refractivity (Wildman–Crippen MR) is 115 cm³/mol. The number of rotatable bonds is 5. The number of aromatic nitrogens is 4. The van der Waals surface area contributed by atoms with Gasteiger partial charge in [-0.1, -0.05) is 29.5 Å². The van der Waals surface area contributed by atoms with Crippen LogP contribution in [0.5, 0.6) is 0 Å². The molecule has 0 spiro atoms. The van der Waals surface area contributed by atoms with Crippen molar-refractivity contribution in [1.29, 1.82) is 0 Å². The first-order valence-electron chi connectivity index (χ1n) is 9.60. The lowest BCUT2D eigenvalue weighted by atomic mass is 10.2. The molecule has 5 rings (SSSR count). The molecule has 0 atom stereocenters. The molecule has 0 aliphatic heterocycles. The molecule has 0 amide bonds. The van der Waals surface area contributed by atoms with Crippen LogP contribution in [0.3, 0.4) is 0 Å². The molecule has 1 aromatic carbocycles. The van der Waals surface area contributed by atoms with E-state index in [0.717, 1.165) is 45.5 Å². The summed E-state index contributed by atoms with van der Waals surface area (Å²) in [5.41, 5.74) is 2.84. The van der Waals surface area contributed by atoms with Crippen molar-refractivity contribution in [1.82, 2.24) is 19.1 Å². The Kier molecular flexibility index (Phi) is 4.94. The van der Waals surface area contributed by atoms with Gasteiger partial charge in [-0.3, -0.25) is 13.9 Å². The maximum Gasteiger partial charge on any atom is 0.319 e. The summed E-state index contributed by atoms with van der Waals surface area (Å²) in [6, 6.07) is 7.67. The standard InChI is InChI=1S/C21H18F2N4OS2/c1-12-5-7-13(8-6-12)27-19(28)17-14-3-2-4-15(14)30-18(17)25-21(27)29-11-16-24-9-10-26(16)20(22)23/h5-10,20H,2-4,11H2,1H3. The maximum absolute atomic E-state index is 13.6. The normalized spacial score (nSPS) is 13.5. The first-order chi connectivity index (χ1) is 14.5. The molecule has 0 fully saturated rings. The van der Waals surface area contributed by atoms with Gasteiger partial charge in [0.15, 0.2) is 5.16 Å². The molecular formula is C21H18F2N4OS2. The van der Waals surface area contributed by atoms with Gasteiger partial charge >= 0.3 is 6.55 Å². The van der Waals surface area contributed by atoms with Crippen LogP contribution in [0.25, 0.3) is 15.9 Å². The summed E-state index contributed by atoms with van der Waals surface area (Å²) in [7, 11) is 0. The highest BCUT2D eigenvalue weighted by Gasteiger charge is 2.24. The summed E-state index contributed by atoms with van der Waals surface area (Å²) >= 11 is 2.82. The lowest BCUT2D eigenvalue weighted by Crippen LogP contribution is -2.22. The van der Waals surface area contributed by atoms with Crippen molar-refractivity contribution in [3.63, 3.8) is 0 Å². The zero-order valence-electron chi connectivity index (χ0n) is 16.1. The molecule has 0 saturated heterocycles. The SMILES string of the molecule is Cc1ccc(-n2c(SCc3nccn3C(F)F)nc3sc4c(c3c2=O)CCC4)cc1. The fourth-order valence-electron chi connectivity index (χ4n) is 3.81. The average Bonchev–Trinajstić information content (AvgIpc) is 3.43. The number of thioether (sulfide) groups is 1. The average molecular weight is 445 g/mol. The van der Waals surface area contributed by atoms with E-state index in [-0.39, 0.29) is 17.1 Å². The van der Waals surface area contributed by atoms with Gasteiger partial charge in [-0.25, -0.2) is 9.97 Å². The molecule has 30 heavy (non-hydrogen) atoms. The van der Waals surface area contributed by atoms with Crippen LogP contribution in [0, 0.1) is 6.92 Å². The first-order valence-corrected chi connectivity index (χ1v) is 11.4. The minimum absolute atomic E-state index is 0.0945. The van der Waals surface area contributed by atoms with Gasteiger partial charge in [-0.15, -0.1) is 11.3 Å². The second-order valence-electron chi connectivity index (χ2n) is 7.23. The molecule has 1 aliphatic rings. The third-order valence-corrected chi connectivity index (χ3v) is 7.41. The Bertz CT molecular complexity index is 1290. The van der Waals surface area contributed by atoms with Crippen molar-refractivity contribution in [3.05, 3.63) is 68.8 Å². The van der Waals surface area contributed by atoms with Gasteiger partial charge in [0.2, 0.25) is 0 Å². The van der Waals surface area contributed by atoms with E-state index in [9.17, 15) is 13.6 Å². The Morgan fingerprint density at radius 2 is 2.03 bits per heavy atom. The monoisotopic (exact) mass is 444 g/mol. The Hall–Kier alpha value is -2.52. The minimum Gasteiger partial charge on any atom is -0.277 e. The van der Waals surface area contributed by atoms with Crippen LogP contribution < -0.4 is 5.56 Å². The summed E-state index contributed by atoms with van der Waals surface area (Å²) in [6.07, 6.45) is 5.56. The predicted octanol–water partition coefficient (Wildman–Crippen LogP) is 5.13. The van der Waals surface area contributed by atoms with Gasteiger partial charge in [0, 0.05) is 17.3 Å². The highest BCUT2D eigenvalue weighted by Crippen LogP contribution is 2.36. The van der Waals surface area contributed by atoms with Crippen LogP contribution in [0.15, 0.2) is 46.6 Å². The number of halogens is 2. The van der Waals surface area contributed by atoms with E-state index in [1.165, 1.54) is 29.0 Å². The number of hydrogen-bond acceptors (Lipinski definition) is 5. The van der Waals surface area contributed by atoms with Gasteiger partial charge in [0.1, 0.15) is 10.7 Å². The Balaban J connectivity index is 1.64. The van der Waals surface area contributed by atoms with E-state index in [0.29, 0.717) is 10.5 Å². The third-order valence-electron chi connectivity index (χ3n) is 5.29. The van der Waals surface area contributed by atoms with Crippen LogP contribution in [0.4, 0.5) is 8.78 Å². The van der Waals surface area contributed by atoms with Crippen molar-refractivity contribution in [2.45, 2.75) is 43.6 Å². The van der Waals surface area contributed by atoms with Crippen molar-refractivity contribution in [2.75, 3.05) is 0 Å². The van der Waals surface area contributed by atoms with Crippen molar-refractivity contribution in [3.8, 4) is 5.69 Å². The number of thiophene rings is 1. The zero-order valence-corrected chi connectivity index (χ0v) is 17.8. The number of hydrogen-bond donors (Lipinski definition) is 0. The molecular weight excluding hydrogens is 426 g/mol. The second kappa shape index (κ2) is 7.63. The van der Waals surface area contributed by atoms with E-state index in [2.05, 4.69) is 4.98 Å². The highest BCUT2D eigenvalue weighted by molar-refractivity contribution is 7.98. The second-order valence-corrected chi connectivity index (χ2v) is 9.25. The molecule has 0 saturated carbocycles. The quantitative estimate of drug-likeness (QED) is 0.316. The van der Waals surface area contributed by atoms with Gasteiger partial charge in [0.25, 0.3) is 5.56 Å². The van der Waals surface area contributed by atoms with Crippen molar-refractivity contribution >= 4 is 33.3 Å². The number of benzene rings is 1. The zero-order chi connectivity index (χ0) is 20.8. The first kappa shape index (κ1) is 19.4. The fraction of sp³-hybridized carbons (Fsp3) is 0.286. The van der Waals surface area contributed by atoms with Crippen LogP contribution in [0.2, 0.25) is 0 Å². The van der Waals surface area contributed by atoms with E-state index in [4.69, 9.17) is 4.98 Å².